The molecular formula is C19H20FN5. The Morgan fingerprint density at radius 2 is 1.84 bits per heavy atom. The highest BCUT2D eigenvalue weighted by Crippen LogP contribution is 2.25. The highest BCUT2D eigenvalue weighted by molar-refractivity contribution is 5.66. The van der Waals surface area contributed by atoms with E-state index in [1.807, 2.05) is 38.1 Å². The van der Waals surface area contributed by atoms with Crippen molar-refractivity contribution in [3.63, 3.8) is 0 Å². The van der Waals surface area contributed by atoms with Crippen LogP contribution in [0.3, 0.4) is 0 Å². The molecule has 2 heterocycles. The molecule has 2 aromatic heterocycles. The van der Waals surface area contributed by atoms with Crippen LogP contribution in [0.4, 0.5) is 21.8 Å². The van der Waals surface area contributed by atoms with Crippen molar-refractivity contribution < 1.29 is 4.39 Å². The summed E-state index contributed by atoms with van der Waals surface area (Å²) < 4.78 is 13.8. The van der Waals surface area contributed by atoms with Gasteiger partial charge < -0.3 is 10.6 Å². The number of benzene rings is 1. The minimum atomic E-state index is -0.260. The molecule has 0 unspecified atom stereocenters. The Labute approximate surface area is 146 Å². The topological polar surface area (TPSA) is 62.7 Å². The number of rotatable bonds is 5. The molecule has 25 heavy (non-hydrogen) atoms. The van der Waals surface area contributed by atoms with E-state index in [-0.39, 0.29) is 11.9 Å². The van der Waals surface area contributed by atoms with Crippen LogP contribution in [-0.2, 0) is 0 Å². The molecule has 0 aliphatic carbocycles. The van der Waals surface area contributed by atoms with Crippen molar-refractivity contribution in [2.75, 3.05) is 10.6 Å². The molecule has 0 saturated heterocycles. The highest BCUT2D eigenvalue weighted by atomic mass is 19.1. The Morgan fingerprint density at radius 1 is 1.00 bits per heavy atom. The van der Waals surface area contributed by atoms with Crippen LogP contribution in [-0.4, -0.2) is 21.0 Å². The summed E-state index contributed by atoms with van der Waals surface area (Å²) in [5.41, 5.74) is 2.64. The molecule has 5 nitrogen and oxygen atoms in total. The smallest absolute Gasteiger partial charge is 0.225 e. The summed E-state index contributed by atoms with van der Waals surface area (Å²) in [6.07, 6.45) is 1.72. The number of nitrogens with one attached hydrogen (secondary N) is 2. The predicted octanol–water partition coefficient (Wildman–Crippen LogP) is 4.55. The number of anilines is 3. The van der Waals surface area contributed by atoms with Crippen molar-refractivity contribution in [1.29, 1.82) is 0 Å². The maximum absolute atomic E-state index is 13.8. The Kier molecular flexibility index (Phi) is 4.88. The summed E-state index contributed by atoms with van der Waals surface area (Å²) in [4.78, 5) is 13.4. The first-order chi connectivity index (χ1) is 12.0. The first-order valence-corrected chi connectivity index (χ1v) is 8.12. The number of aromatic nitrogens is 3. The maximum Gasteiger partial charge on any atom is 0.225 e. The lowest BCUT2D eigenvalue weighted by molar-refractivity contribution is 0.619. The molecule has 0 saturated carbocycles. The van der Waals surface area contributed by atoms with Crippen LogP contribution in [0.1, 0.15) is 19.4 Å². The van der Waals surface area contributed by atoms with Gasteiger partial charge in [0.2, 0.25) is 5.95 Å². The van der Waals surface area contributed by atoms with Crippen molar-refractivity contribution in [1.82, 2.24) is 15.0 Å². The van der Waals surface area contributed by atoms with Crippen molar-refractivity contribution in [2.45, 2.75) is 26.8 Å². The van der Waals surface area contributed by atoms with E-state index in [0.717, 1.165) is 5.69 Å². The van der Waals surface area contributed by atoms with Crippen LogP contribution in [0, 0.1) is 12.7 Å². The largest absolute Gasteiger partial charge is 0.352 e. The molecule has 3 rings (SSSR count). The monoisotopic (exact) mass is 337 g/mol. The van der Waals surface area contributed by atoms with Crippen LogP contribution in [0.15, 0.2) is 48.7 Å². The Hall–Kier alpha value is -3.02. The molecule has 2 N–H and O–H groups in total. The lowest BCUT2D eigenvalue weighted by atomic mass is 10.2. The molecule has 3 aromatic rings. The van der Waals surface area contributed by atoms with Gasteiger partial charge in [-0.1, -0.05) is 12.1 Å². The van der Waals surface area contributed by atoms with E-state index in [4.69, 9.17) is 0 Å². The fourth-order valence-electron chi connectivity index (χ4n) is 2.36. The highest BCUT2D eigenvalue weighted by Gasteiger charge is 2.10. The van der Waals surface area contributed by atoms with E-state index in [9.17, 15) is 4.39 Å². The molecule has 0 radical (unpaired) electrons. The number of hydrogen-bond acceptors (Lipinski definition) is 5. The normalized spacial score (nSPS) is 10.8. The molecule has 0 aliphatic heterocycles. The predicted molar refractivity (Wildman–Crippen MR) is 98.4 cm³/mol. The molecule has 6 heteroatoms. The molecule has 0 fully saturated rings. The number of nitrogens with zero attached hydrogens (tertiary/aromatic N) is 3. The molecule has 128 valence electrons. The second-order valence-corrected chi connectivity index (χ2v) is 6.01. The van der Waals surface area contributed by atoms with Crippen molar-refractivity contribution >= 4 is 17.5 Å². The van der Waals surface area contributed by atoms with Gasteiger partial charge in [0.15, 0.2) is 0 Å². The summed E-state index contributed by atoms with van der Waals surface area (Å²) in [5.74, 6) is 0.812. The van der Waals surface area contributed by atoms with E-state index in [0.29, 0.717) is 28.7 Å². The third-order valence-electron chi connectivity index (χ3n) is 3.60. The zero-order valence-electron chi connectivity index (χ0n) is 14.4. The van der Waals surface area contributed by atoms with E-state index < -0.39 is 0 Å². The Bertz CT molecular complexity index is 865. The third-order valence-corrected chi connectivity index (χ3v) is 3.60. The Balaban J connectivity index is 2.01. The molecule has 0 aliphatic rings. The van der Waals surface area contributed by atoms with Crippen LogP contribution < -0.4 is 10.6 Å². The third kappa shape index (κ3) is 4.09. The van der Waals surface area contributed by atoms with Crippen molar-refractivity contribution in [3.05, 3.63) is 60.0 Å². The van der Waals surface area contributed by atoms with Gasteiger partial charge in [-0.25, -0.2) is 9.37 Å². The van der Waals surface area contributed by atoms with Gasteiger partial charge >= 0.3 is 0 Å². The van der Waals surface area contributed by atoms with Crippen LogP contribution in [0.5, 0.6) is 0 Å². The fraction of sp³-hybridized carbons (Fsp3) is 0.211. The van der Waals surface area contributed by atoms with Crippen LogP contribution in [0.25, 0.3) is 11.4 Å². The number of pyridine rings is 1. The summed E-state index contributed by atoms with van der Waals surface area (Å²) in [6.45, 7) is 5.76. The molecule has 0 atom stereocenters. The van der Waals surface area contributed by atoms with Gasteiger partial charge in [0.25, 0.3) is 0 Å². The van der Waals surface area contributed by atoms with Gasteiger partial charge in [-0.05, 0) is 45.0 Å². The lowest BCUT2D eigenvalue weighted by Gasteiger charge is -2.14. The first-order valence-electron chi connectivity index (χ1n) is 8.12. The van der Waals surface area contributed by atoms with Gasteiger partial charge in [-0.3, -0.25) is 4.98 Å². The van der Waals surface area contributed by atoms with Gasteiger partial charge in [0.1, 0.15) is 11.6 Å². The average Bonchev–Trinajstić information content (AvgIpc) is 2.59. The molecule has 0 bridgehead atoms. The maximum atomic E-state index is 13.8. The second-order valence-electron chi connectivity index (χ2n) is 6.01. The molecule has 0 amide bonds. The lowest BCUT2D eigenvalue weighted by Crippen LogP contribution is -2.13. The molecular weight excluding hydrogens is 317 g/mol. The van der Waals surface area contributed by atoms with Crippen LogP contribution >= 0.6 is 0 Å². The minimum absolute atomic E-state index is 0.183. The van der Waals surface area contributed by atoms with Gasteiger partial charge in [0.05, 0.1) is 11.4 Å². The molecule has 1 aromatic carbocycles. The zero-order valence-corrected chi connectivity index (χ0v) is 14.4. The summed E-state index contributed by atoms with van der Waals surface area (Å²) in [5, 5.41) is 6.38. The van der Waals surface area contributed by atoms with Crippen LogP contribution in [0.2, 0.25) is 0 Å². The Morgan fingerprint density at radius 3 is 2.56 bits per heavy atom. The van der Waals surface area contributed by atoms with Gasteiger partial charge in [0, 0.05) is 29.6 Å². The fourth-order valence-corrected chi connectivity index (χ4v) is 2.36. The van der Waals surface area contributed by atoms with E-state index in [2.05, 4.69) is 25.6 Å². The summed E-state index contributed by atoms with van der Waals surface area (Å²) in [6, 6.07) is 12.6. The van der Waals surface area contributed by atoms with Gasteiger partial charge in [-0.15, -0.1) is 0 Å². The minimum Gasteiger partial charge on any atom is -0.352 e. The summed E-state index contributed by atoms with van der Waals surface area (Å²) in [7, 11) is 0. The van der Waals surface area contributed by atoms with Crippen molar-refractivity contribution in [3.8, 4) is 11.4 Å². The average molecular weight is 337 g/mol. The zero-order chi connectivity index (χ0) is 17.8. The van der Waals surface area contributed by atoms with Gasteiger partial charge in [-0.2, -0.15) is 4.98 Å². The second kappa shape index (κ2) is 7.25. The van der Waals surface area contributed by atoms with E-state index >= 15 is 0 Å². The number of hydrogen-bond donors (Lipinski definition) is 2. The van der Waals surface area contributed by atoms with Crippen molar-refractivity contribution in [2.24, 2.45) is 0 Å². The quantitative estimate of drug-likeness (QED) is 0.715. The molecule has 0 spiro atoms. The summed E-state index contributed by atoms with van der Waals surface area (Å²) >= 11 is 0. The van der Waals surface area contributed by atoms with E-state index in [1.54, 1.807) is 25.3 Å². The number of halogens is 1. The standard InChI is InChI=1S/C19H20FN5/c1-12(2)22-19-24-17(16-8-4-5-10-21-16)11-18(25-19)23-15-9-6-7-14(20)13(15)3/h4-12H,1-3H3,(H2,22,23,24,25). The first kappa shape index (κ1) is 16.8. The SMILES string of the molecule is Cc1c(F)cccc1Nc1cc(-c2ccccn2)nc(NC(C)C)n1. The van der Waals surface area contributed by atoms with E-state index in [1.165, 1.54) is 6.07 Å².